The highest BCUT2D eigenvalue weighted by molar-refractivity contribution is 5.93. The van der Waals surface area contributed by atoms with Gasteiger partial charge in [-0.1, -0.05) is 6.42 Å². The second-order valence-electron chi connectivity index (χ2n) is 7.18. The molecule has 0 radical (unpaired) electrons. The van der Waals surface area contributed by atoms with Crippen LogP contribution in [0.4, 0.5) is 14.5 Å². The fourth-order valence-electron chi connectivity index (χ4n) is 4.27. The molecule has 1 amide bonds. The van der Waals surface area contributed by atoms with Crippen LogP contribution >= 0.6 is 0 Å². The molecule has 3 aliphatic rings. The fourth-order valence-corrected chi connectivity index (χ4v) is 4.27. The first-order chi connectivity index (χ1) is 12.4. The van der Waals surface area contributed by atoms with Crippen LogP contribution in [0.2, 0.25) is 0 Å². The van der Waals surface area contributed by atoms with Crippen molar-refractivity contribution in [3.8, 4) is 11.5 Å². The third kappa shape index (κ3) is 3.59. The second kappa shape index (κ2) is 6.41. The zero-order chi connectivity index (χ0) is 18.3. The van der Waals surface area contributed by atoms with Crippen molar-refractivity contribution in [2.75, 3.05) is 11.9 Å². The lowest BCUT2D eigenvalue weighted by Gasteiger charge is -2.20. The summed E-state index contributed by atoms with van der Waals surface area (Å²) in [5, 5.41) is 2.48. The first-order valence-electron chi connectivity index (χ1n) is 8.73. The van der Waals surface area contributed by atoms with Crippen molar-refractivity contribution in [3.05, 3.63) is 18.2 Å². The fraction of sp³-hybridized carbons (Fsp3) is 0.556. The number of amides is 1. The second-order valence-corrected chi connectivity index (χ2v) is 7.18. The number of hydrogen-bond acceptors (Lipinski definition) is 5. The molecule has 1 aromatic rings. The first-order valence-corrected chi connectivity index (χ1v) is 8.73. The van der Waals surface area contributed by atoms with Crippen LogP contribution in [-0.2, 0) is 14.3 Å². The van der Waals surface area contributed by atoms with Gasteiger partial charge in [-0.2, -0.15) is 0 Å². The van der Waals surface area contributed by atoms with Crippen molar-refractivity contribution in [2.24, 2.45) is 17.8 Å². The van der Waals surface area contributed by atoms with Gasteiger partial charge < -0.3 is 19.5 Å². The zero-order valence-corrected chi connectivity index (χ0v) is 14.0. The molecule has 1 heterocycles. The van der Waals surface area contributed by atoms with Gasteiger partial charge in [-0.05, 0) is 49.1 Å². The Hall–Kier alpha value is -2.38. The maximum Gasteiger partial charge on any atom is 0.586 e. The van der Waals surface area contributed by atoms with E-state index in [4.69, 9.17) is 4.74 Å². The molecular weight excluding hydrogens is 348 g/mol. The summed E-state index contributed by atoms with van der Waals surface area (Å²) < 4.78 is 39.6. The molecule has 8 heteroatoms. The van der Waals surface area contributed by atoms with E-state index in [1.165, 1.54) is 37.5 Å². The molecule has 0 saturated heterocycles. The van der Waals surface area contributed by atoms with Crippen molar-refractivity contribution in [1.82, 2.24) is 0 Å². The number of carbonyl (C=O) groups excluding carboxylic acids is 2. The predicted molar refractivity (Wildman–Crippen MR) is 85.8 cm³/mol. The normalized spacial score (nSPS) is 27.4. The van der Waals surface area contributed by atoms with E-state index in [0.29, 0.717) is 18.3 Å². The highest BCUT2D eigenvalue weighted by Gasteiger charge is 2.43. The highest BCUT2D eigenvalue weighted by atomic mass is 19.3. The van der Waals surface area contributed by atoms with E-state index >= 15 is 0 Å². The molecule has 140 valence electrons. The van der Waals surface area contributed by atoms with Gasteiger partial charge >= 0.3 is 12.3 Å². The molecule has 2 aliphatic carbocycles. The first kappa shape index (κ1) is 17.1. The van der Waals surface area contributed by atoms with Gasteiger partial charge in [0, 0.05) is 18.2 Å². The number of rotatable bonds is 5. The lowest BCUT2D eigenvalue weighted by molar-refractivity contribution is -0.286. The summed E-state index contributed by atoms with van der Waals surface area (Å²) >= 11 is 0. The van der Waals surface area contributed by atoms with Gasteiger partial charge in [0.15, 0.2) is 18.1 Å². The monoisotopic (exact) mass is 367 g/mol. The third-order valence-corrected chi connectivity index (χ3v) is 5.36. The van der Waals surface area contributed by atoms with Crippen LogP contribution < -0.4 is 14.8 Å². The maximum absolute atomic E-state index is 13.0. The highest BCUT2D eigenvalue weighted by Crippen LogP contribution is 2.49. The molecule has 0 spiro atoms. The SMILES string of the molecule is O=C(COC(=O)C[C@H]1C[C@H]2CC[C@@H]1C2)Nc1ccc2c(c1)OC(F)(F)O2. The number of fused-ring (bicyclic) bond motifs is 3. The van der Waals surface area contributed by atoms with Gasteiger partial charge in [0.05, 0.1) is 0 Å². The molecule has 2 saturated carbocycles. The molecule has 4 rings (SSSR count). The number of ether oxygens (including phenoxy) is 3. The Bertz CT molecular complexity index is 738. The average molecular weight is 367 g/mol. The number of esters is 1. The summed E-state index contributed by atoms with van der Waals surface area (Å²) in [7, 11) is 0. The Morgan fingerprint density at radius 1 is 1.19 bits per heavy atom. The maximum atomic E-state index is 13.0. The number of anilines is 1. The van der Waals surface area contributed by atoms with Crippen LogP contribution in [0.3, 0.4) is 0 Å². The van der Waals surface area contributed by atoms with E-state index in [1.807, 2.05) is 0 Å². The van der Waals surface area contributed by atoms with E-state index in [0.717, 1.165) is 12.3 Å². The molecule has 0 unspecified atom stereocenters. The molecule has 2 bridgehead atoms. The van der Waals surface area contributed by atoms with E-state index < -0.39 is 18.8 Å². The zero-order valence-electron chi connectivity index (χ0n) is 14.0. The average Bonchev–Trinajstić information content (AvgIpc) is 3.25. The number of nitrogens with one attached hydrogen (secondary N) is 1. The molecule has 1 aliphatic heterocycles. The van der Waals surface area contributed by atoms with Gasteiger partial charge in [-0.3, -0.25) is 9.59 Å². The van der Waals surface area contributed by atoms with Crippen LogP contribution in [0.25, 0.3) is 0 Å². The Morgan fingerprint density at radius 2 is 2.00 bits per heavy atom. The summed E-state index contributed by atoms with van der Waals surface area (Å²) in [6, 6.07) is 3.90. The molecule has 1 aromatic carbocycles. The number of benzene rings is 1. The molecular formula is C18H19F2NO5. The van der Waals surface area contributed by atoms with Gasteiger partial charge in [-0.25, -0.2) is 0 Å². The van der Waals surface area contributed by atoms with Gasteiger partial charge in [0.25, 0.3) is 5.91 Å². The minimum absolute atomic E-state index is 0.106. The summed E-state index contributed by atoms with van der Waals surface area (Å²) in [6.07, 6.45) is 1.38. The molecule has 1 N–H and O–H groups in total. The number of carbonyl (C=O) groups is 2. The van der Waals surface area contributed by atoms with Crippen molar-refractivity contribution in [1.29, 1.82) is 0 Å². The number of alkyl halides is 2. The topological polar surface area (TPSA) is 73.9 Å². The third-order valence-electron chi connectivity index (χ3n) is 5.36. The van der Waals surface area contributed by atoms with Crippen molar-refractivity contribution >= 4 is 17.6 Å². The Balaban J connectivity index is 1.24. The minimum atomic E-state index is -3.71. The minimum Gasteiger partial charge on any atom is -0.456 e. The van der Waals surface area contributed by atoms with Crippen molar-refractivity contribution in [2.45, 2.75) is 38.4 Å². The van der Waals surface area contributed by atoms with Gasteiger partial charge in [0.1, 0.15) is 0 Å². The van der Waals surface area contributed by atoms with E-state index in [-0.39, 0.29) is 23.2 Å². The Labute approximate surface area is 148 Å². The van der Waals surface area contributed by atoms with Gasteiger partial charge in [0.2, 0.25) is 0 Å². The number of halogens is 2. The molecule has 0 aromatic heterocycles. The lowest BCUT2D eigenvalue weighted by atomic mass is 9.86. The van der Waals surface area contributed by atoms with Crippen LogP contribution in [0.15, 0.2) is 18.2 Å². The standard InChI is InChI=1S/C18H19F2NO5/c19-18(20)25-14-4-3-13(8-15(14)26-18)21-16(22)9-24-17(23)7-12-6-10-1-2-11(12)5-10/h3-4,8,10-12H,1-2,5-7,9H2,(H,21,22)/t10-,11+,12+/m0/s1. The molecule has 6 nitrogen and oxygen atoms in total. The van der Waals surface area contributed by atoms with E-state index in [9.17, 15) is 18.4 Å². The van der Waals surface area contributed by atoms with Crippen LogP contribution in [-0.4, -0.2) is 24.8 Å². The van der Waals surface area contributed by atoms with Crippen molar-refractivity contribution in [3.63, 3.8) is 0 Å². The summed E-state index contributed by atoms with van der Waals surface area (Å²) in [6.45, 7) is -0.412. The molecule has 2 fully saturated rings. The molecule has 3 atom stereocenters. The summed E-state index contributed by atoms with van der Waals surface area (Å²) in [4.78, 5) is 23.8. The van der Waals surface area contributed by atoms with Crippen molar-refractivity contribution < 1.29 is 32.6 Å². The van der Waals surface area contributed by atoms with Gasteiger partial charge in [-0.15, -0.1) is 8.78 Å². The Kier molecular flexibility index (Phi) is 4.20. The Morgan fingerprint density at radius 3 is 2.73 bits per heavy atom. The van der Waals surface area contributed by atoms with Crippen LogP contribution in [0.5, 0.6) is 11.5 Å². The summed E-state index contributed by atoms with van der Waals surface area (Å²) in [5.74, 6) is 0.554. The molecule has 26 heavy (non-hydrogen) atoms. The quantitative estimate of drug-likeness (QED) is 0.808. The smallest absolute Gasteiger partial charge is 0.456 e. The van der Waals surface area contributed by atoms with E-state index in [2.05, 4.69) is 14.8 Å². The summed E-state index contributed by atoms with van der Waals surface area (Å²) in [5.41, 5.74) is 0.249. The predicted octanol–water partition coefficient (Wildman–Crippen LogP) is 3.32. The van der Waals surface area contributed by atoms with Crippen LogP contribution in [0.1, 0.15) is 32.1 Å². The largest absolute Gasteiger partial charge is 0.586 e. The lowest BCUT2D eigenvalue weighted by Crippen LogP contribution is -2.26. The number of hydrogen-bond donors (Lipinski definition) is 1. The van der Waals surface area contributed by atoms with E-state index in [1.54, 1.807) is 0 Å². The van der Waals surface area contributed by atoms with Crippen LogP contribution in [0, 0.1) is 17.8 Å².